The number of carbonyl (C=O) groups excluding carboxylic acids is 1. The first-order valence-electron chi connectivity index (χ1n) is 17.6. The molecule has 8 heteroatoms. The number of anilines is 1. The molecule has 2 aliphatic heterocycles. The van der Waals surface area contributed by atoms with Gasteiger partial charge in [-0.25, -0.2) is 4.79 Å². The van der Waals surface area contributed by atoms with E-state index in [2.05, 4.69) is 115 Å². The molecule has 0 amide bonds. The number of benzene rings is 2. The quantitative estimate of drug-likeness (QED) is 0.146. The lowest BCUT2D eigenvalue weighted by Gasteiger charge is -2.16. The Balaban J connectivity index is 1.44. The Morgan fingerprint density at radius 3 is 1.94 bits per heavy atom. The summed E-state index contributed by atoms with van der Waals surface area (Å²) in [7, 11) is 7.11. The van der Waals surface area contributed by atoms with Gasteiger partial charge in [-0.1, -0.05) is 51.4 Å². The lowest BCUT2D eigenvalue weighted by molar-refractivity contribution is 0.0600. The molecule has 8 nitrogen and oxygen atoms in total. The van der Waals surface area contributed by atoms with E-state index >= 15 is 0 Å². The third-order valence-corrected chi connectivity index (χ3v) is 9.81. The molecule has 0 radical (unpaired) electrons. The molecule has 8 bridgehead atoms. The van der Waals surface area contributed by atoms with Gasteiger partial charge in [0, 0.05) is 82.7 Å². The van der Waals surface area contributed by atoms with E-state index in [1.54, 1.807) is 19.2 Å². The maximum atomic E-state index is 12.0. The van der Waals surface area contributed by atoms with Crippen molar-refractivity contribution in [3.63, 3.8) is 0 Å². The van der Waals surface area contributed by atoms with Crippen LogP contribution in [-0.4, -0.2) is 54.2 Å². The monoisotopic (exact) mass is 701 g/mol. The number of H-pyrrole nitrogens is 2. The van der Waals surface area contributed by atoms with Crippen molar-refractivity contribution in [2.75, 3.05) is 33.2 Å². The highest BCUT2D eigenvalue weighted by Gasteiger charge is 2.32. The minimum absolute atomic E-state index is 0.212. The molecule has 53 heavy (non-hydrogen) atoms. The lowest BCUT2D eigenvalue weighted by Crippen LogP contribution is -2.15. The van der Waals surface area contributed by atoms with Crippen molar-refractivity contribution in [3.8, 4) is 29.4 Å². The summed E-state index contributed by atoms with van der Waals surface area (Å²) in [5.74, 6) is 13.7. The Bertz CT molecular complexity index is 2530. The van der Waals surface area contributed by atoms with Gasteiger partial charge in [0.2, 0.25) is 0 Å². The molecule has 0 aliphatic carbocycles. The molecule has 7 rings (SSSR count). The number of aromatic nitrogens is 4. The second-order valence-electron chi connectivity index (χ2n) is 15.1. The third-order valence-electron chi connectivity index (χ3n) is 9.81. The van der Waals surface area contributed by atoms with Crippen molar-refractivity contribution in [2.24, 2.45) is 0 Å². The number of esters is 1. The molecule has 0 unspecified atom stereocenters. The number of nitrogens with zero attached hydrogens (tertiary/aromatic N) is 3. The van der Waals surface area contributed by atoms with Gasteiger partial charge >= 0.3 is 5.97 Å². The molecule has 2 aromatic carbocycles. The van der Waals surface area contributed by atoms with Crippen molar-refractivity contribution in [2.45, 2.75) is 51.4 Å². The average Bonchev–Trinajstić information content (AvgIpc) is 3.86. The van der Waals surface area contributed by atoms with Gasteiger partial charge in [0.05, 0.1) is 47.6 Å². The Kier molecular flexibility index (Phi) is 9.10. The van der Waals surface area contributed by atoms with Crippen molar-refractivity contribution in [1.29, 1.82) is 0 Å². The second-order valence-corrected chi connectivity index (χ2v) is 15.1. The van der Waals surface area contributed by atoms with E-state index in [1.165, 1.54) is 7.11 Å². The molecule has 5 aromatic rings. The van der Waals surface area contributed by atoms with Gasteiger partial charge in [-0.2, -0.15) is 0 Å². The fourth-order valence-electron chi connectivity index (χ4n) is 6.78. The van der Waals surface area contributed by atoms with Crippen LogP contribution in [0.3, 0.4) is 0 Å². The van der Waals surface area contributed by atoms with Gasteiger partial charge in [0.15, 0.2) is 5.75 Å². The first-order chi connectivity index (χ1) is 25.3. The predicted octanol–water partition coefficient (Wildman–Crippen LogP) is 8.02. The summed E-state index contributed by atoms with van der Waals surface area (Å²) in [6.07, 6.45) is 1.44. The number of nitrogens with one attached hydrogen (secondary N) is 2. The van der Waals surface area contributed by atoms with E-state index in [0.717, 1.165) is 79.2 Å². The van der Waals surface area contributed by atoms with Gasteiger partial charge in [-0.3, -0.25) is 9.97 Å². The zero-order chi connectivity index (χ0) is 37.5. The molecule has 266 valence electrons. The summed E-state index contributed by atoms with van der Waals surface area (Å²) in [6, 6.07) is 25.8. The van der Waals surface area contributed by atoms with Crippen molar-refractivity contribution < 1.29 is 14.3 Å². The van der Waals surface area contributed by atoms with Crippen LogP contribution in [0.15, 0.2) is 78.9 Å². The first-order valence-corrected chi connectivity index (χ1v) is 17.6. The normalized spacial score (nSPS) is 14.0. The number of methoxy groups -OCH3 is 2. The van der Waals surface area contributed by atoms with E-state index in [0.29, 0.717) is 17.7 Å². The van der Waals surface area contributed by atoms with E-state index in [-0.39, 0.29) is 16.8 Å². The zero-order valence-electron chi connectivity index (χ0n) is 31.5. The van der Waals surface area contributed by atoms with Crippen molar-refractivity contribution in [1.82, 2.24) is 19.9 Å². The smallest absolute Gasteiger partial charge is 0.337 e. The predicted molar refractivity (Wildman–Crippen MR) is 212 cm³/mol. The highest BCUT2D eigenvalue weighted by Crippen LogP contribution is 2.37. The summed E-state index contributed by atoms with van der Waals surface area (Å²) in [6.45, 7) is 8.82. The number of hydrogen-bond donors (Lipinski definition) is 2. The summed E-state index contributed by atoms with van der Waals surface area (Å²) < 4.78 is 11.0. The fourth-order valence-corrected chi connectivity index (χ4v) is 6.78. The second kappa shape index (κ2) is 13.7. The average molecular weight is 702 g/mol. The number of carbonyl (C=O) groups is 1. The van der Waals surface area contributed by atoms with Crippen molar-refractivity contribution in [3.05, 3.63) is 129 Å². The zero-order valence-corrected chi connectivity index (χ0v) is 31.5. The lowest BCUT2D eigenvalue weighted by atomic mass is 9.87. The van der Waals surface area contributed by atoms with E-state index < -0.39 is 0 Å². The molecule has 2 N–H and O–H groups in total. The molecule has 3 aromatic heterocycles. The van der Waals surface area contributed by atoms with E-state index in [9.17, 15) is 4.79 Å². The molecule has 0 saturated heterocycles. The first kappa shape index (κ1) is 35.2. The van der Waals surface area contributed by atoms with E-state index in [4.69, 9.17) is 19.4 Å². The largest absolute Gasteiger partial charge is 0.493 e. The van der Waals surface area contributed by atoms with Crippen molar-refractivity contribution >= 4 is 33.7 Å². The minimum atomic E-state index is -0.385. The maximum Gasteiger partial charge on any atom is 0.337 e. The molecule has 2 aliphatic rings. The Hall–Kier alpha value is -6.25. The number of rotatable bonds is 3. The van der Waals surface area contributed by atoms with Crippen LogP contribution in [-0.2, 0) is 28.4 Å². The minimum Gasteiger partial charge on any atom is -0.493 e. The molecule has 0 fully saturated rings. The van der Waals surface area contributed by atoms with Gasteiger partial charge in [-0.05, 0) is 78.9 Å². The maximum absolute atomic E-state index is 12.0. The SMILES string of the molecule is COC(=O)c1ccc(C#Cc2cc3cc4nc(cc5[nH]c(cc6nc(c(OC)c2[nH]3)CC6(C)C)cc5C#Cc2ccc(N(C)C)cc2)CC4(C)C)cc1. The number of ether oxygens (including phenoxy) is 2. The third kappa shape index (κ3) is 7.27. The summed E-state index contributed by atoms with van der Waals surface area (Å²) in [5, 5.41) is 0. The molecule has 0 atom stereocenters. The van der Waals surface area contributed by atoms with E-state index in [1.807, 2.05) is 32.3 Å². The number of aromatic amines is 2. The van der Waals surface area contributed by atoms with Crippen LogP contribution in [0, 0.1) is 23.7 Å². The highest BCUT2D eigenvalue weighted by atomic mass is 16.5. The molecular weight excluding hydrogens is 659 g/mol. The summed E-state index contributed by atoms with van der Waals surface area (Å²) in [4.78, 5) is 31.6. The summed E-state index contributed by atoms with van der Waals surface area (Å²) >= 11 is 0. The Morgan fingerprint density at radius 2 is 1.30 bits per heavy atom. The number of hydrogen-bond acceptors (Lipinski definition) is 6. The number of fused-ring (bicyclic) bond motifs is 8. The van der Waals surface area contributed by atoms with Gasteiger partial charge < -0.3 is 24.3 Å². The van der Waals surface area contributed by atoms with Crippen LogP contribution >= 0.6 is 0 Å². The topological polar surface area (TPSA) is 96.1 Å². The van der Waals surface area contributed by atoms with Crippen LogP contribution < -0.4 is 9.64 Å². The molecule has 5 heterocycles. The molecule has 0 spiro atoms. The van der Waals surface area contributed by atoms with Crippen LogP contribution in [0.2, 0.25) is 0 Å². The van der Waals surface area contributed by atoms with Crippen LogP contribution in [0.1, 0.15) is 83.1 Å². The van der Waals surface area contributed by atoms with Crippen LogP contribution in [0.25, 0.3) is 22.1 Å². The standard InChI is InChI=1S/C45H43N5O3/c1-44(2)26-35-23-37-31(17-11-29-13-19-36(20-14-29)50(5)6)21-33(46-37)24-40-45(3,4)27-38(49-40)42(52-7)41-32(22-34(48-41)25-39(44)47-35)18-12-28-9-15-30(16-10-28)43(51)53-8/h9-10,13-16,19-25,46,48H,26-27H2,1-8H3. The van der Waals surface area contributed by atoms with Crippen LogP contribution in [0.4, 0.5) is 5.69 Å². The van der Waals surface area contributed by atoms with Gasteiger partial charge in [-0.15, -0.1) is 0 Å². The molecular formula is C45H43N5O3. The molecule has 0 saturated carbocycles. The Morgan fingerprint density at radius 1 is 0.717 bits per heavy atom. The highest BCUT2D eigenvalue weighted by molar-refractivity contribution is 5.89. The fraction of sp³-hybridized carbons (Fsp3) is 0.267. The summed E-state index contributed by atoms with van der Waals surface area (Å²) in [5.41, 5.74) is 11.7. The van der Waals surface area contributed by atoms with Crippen LogP contribution in [0.5, 0.6) is 5.75 Å². The van der Waals surface area contributed by atoms with Gasteiger partial charge in [0.1, 0.15) is 0 Å². The van der Waals surface area contributed by atoms with Gasteiger partial charge in [0.25, 0.3) is 0 Å². The Labute approximate surface area is 310 Å².